The van der Waals surface area contributed by atoms with Gasteiger partial charge in [0.2, 0.25) is 0 Å². The first-order valence-electron chi connectivity index (χ1n) is 7.02. The fraction of sp³-hybridized carbons (Fsp3) is 0.412. The lowest BCUT2D eigenvalue weighted by molar-refractivity contribution is 0.588. The SMILES string of the molecule is Cc1ccc(C(C)(C)C)cc1C(CN)c1cccnn1. The summed E-state index contributed by atoms with van der Waals surface area (Å²) in [5, 5.41) is 8.20. The molecule has 2 rings (SSSR count). The van der Waals surface area contributed by atoms with E-state index in [0.29, 0.717) is 6.54 Å². The Morgan fingerprint density at radius 3 is 2.50 bits per heavy atom. The molecule has 1 aromatic carbocycles. The van der Waals surface area contributed by atoms with E-state index in [1.807, 2.05) is 12.1 Å². The molecule has 0 saturated heterocycles. The van der Waals surface area contributed by atoms with Crippen molar-refractivity contribution < 1.29 is 0 Å². The normalized spacial score (nSPS) is 13.2. The van der Waals surface area contributed by atoms with Crippen LogP contribution in [0.25, 0.3) is 0 Å². The van der Waals surface area contributed by atoms with Crippen LogP contribution in [0.15, 0.2) is 36.5 Å². The average Bonchev–Trinajstić information content (AvgIpc) is 2.41. The van der Waals surface area contributed by atoms with Crippen molar-refractivity contribution in [2.45, 2.75) is 39.0 Å². The third-order valence-electron chi connectivity index (χ3n) is 3.71. The molecular weight excluding hydrogens is 246 g/mol. The molecule has 2 aromatic rings. The van der Waals surface area contributed by atoms with Gasteiger partial charge in [0.1, 0.15) is 0 Å². The molecule has 0 amide bonds. The Morgan fingerprint density at radius 1 is 1.20 bits per heavy atom. The Bertz CT molecular complexity index is 571. The van der Waals surface area contributed by atoms with E-state index in [2.05, 4.69) is 56.1 Å². The van der Waals surface area contributed by atoms with Crippen molar-refractivity contribution in [1.29, 1.82) is 0 Å². The summed E-state index contributed by atoms with van der Waals surface area (Å²) in [5.41, 5.74) is 10.9. The Morgan fingerprint density at radius 2 is 1.95 bits per heavy atom. The molecule has 0 bridgehead atoms. The summed E-state index contributed by atoms with van der Waals surface area (Å²) in [5.74, 6) is 0.103. The number of hydrogen-bond acceptors (Lipinski definition) is 3. The zero-order chi connectivity index (χ0) is 14.8. The summed E-state index contributed by atoms with van der Waals surface area (Å²) in [7, 11) is 0. The molecule has 1 heterocycles. The number of nitrogens with zero attached hydrogens (tertiary/aromatic N) is 2. The number of aryl methyl sites for hydroxylation is 1. The highest BCUT2D eigenvalue weighted by Gasteiger charge is 2.20. The molecule has 0 aliphatic heterocycles. The van der Waals surface area contributed by atoms with Crippen LogP contribution in [0.5, 0.6) is 0 Å². The van der Waals surface area contributed by atoms with E-state index in [9.17, 15) is 0 Å². The van der Waals surface area contributed by atoms with E-state index in [1.54, 1.807) is 6.20 Å². The van der Waals surface area contributed by atoms with Crippen LogP contribution in [0, 0.1) is 6.92 Å². The molecule has 0 aliphatic rings. The van der Waals surface area contributed by atoms with Crippen LogP contribution in [0.2, 0.25) is 0 Å². The third-order valence-corrected chi connectivity index (χ3v) is 3.71. The van der Waals surface area contributed by atoms with Crippen LogP contribution in [-0.4, -0.2) is 16.7 Å². The van der Waals surface area contributed by atoms with Gasteiger partial charge < -0.3 is 5.73 Å². The van der Waals surface area contributed by atoms with Crippen LogP contribution >= 0.6 is 0 Å². The first-order chi connectivity index (χ1) is 9.43. The molecule has 0 radical (unpaired) electrons. The van der Waals surface area contributed by atoms with Gasteiger partial charge in [-0.3, -0.25) is 0 Å². The molecule has 3 nitrogen and oxygen atoms in total. The number of aromatic nitrogens is 2. The van der Waals surface area contributed by atoms with Gasteiger partial charge in [-0.2, -0.15) is 10.2 Å². The number of hydrogen-bond donors (Lipinski definition) is 1. The fourth-order valence-electron chi connectivity index (χ4n) is 2.39. The molecule has 2 N–H and O–H groups in total. The van der Waals surface area contributed by atoms with E-state index >= 15 is 0 Å². The van der Waals surface area contributed by atoms with Crippen LogP contribution in [-0.2, 0) is 5.41 Å². The zero-order valence-corrected chi connectivity index (χ0v) is 12.7. The predicted molar refractivity (Wildman–Crippen MR) is 82.8 cm³/mol. The highest BCUT2D eigenvalue weighted by atomic mass is 15.1. The predicted octanol–water partition coefficient (Wildman–Crippen LogP) is 3.17. The van der Waals surface area contributed by atoms with Gasteiger partial charge in [0, 0.05) is 18.7 Å². The summed E-state index contributed by atoms with van der Waals surface area (Å²) < 4.78 is 0. The number of nitrogens with two attached hydrogens (primary N) is 1. The van der Waals surface area contributed by atoms with Crippen LogP contribution in [0.3, 0.4) is 0 Å². The topological polar surface area (TPSA) is 51.8 Å². The standard InChI is InChI=1S/C17H23N3/c1-12-7-8-13(17(2,3)4)10-14(12)15(11-18)16-6-5-9-19-20-16/h5-10,15H,11,18H2,1-4H3. The van der Waals surface area contributed by atoms with Gasteiger partial charge in [-0.15, -0.1) is 0 Å². The minimum absolute atomic E-state index is 0.103. The Hall–Kier alpha value is -1.74. The molecule has 3 heteroatoms. The first-order valence-corrected chi connectivity index (χ1v) is 7.02. The van der Waals surface area contributed by atoms with Gasteiger partial charge in [-0.1, -0.05) is 39.0 Å². The number of benzene rings is 1. The van der Waals surface area contributed by atoms with E-state index in [0.717, 1.165) is 5.69 Å². The first kappa shape index (κ1) is 14.7. The molecular formula is C17H23N3. The van der Waals surface area contributed by atoms with E-state index < -0.39 is 0 Å². The molecule has 1 atom stereocenters. The summed E-state index contributed by atoms with van der Waals surface area (Å²) >= 11 is 0. The van der Waals surface area contributed by atoms with Gasteiger partial charge in [-0.05, 0) is 41.2 Å². The van der Waals surface area contributed by atoms with Crippen molar-refractivity contribution in [3.8, 4) is 0 Å². The second-order valence-corrected chi connectivity index (χ2v) is 6.26. The lowest BCUT2D eigenvalue weighted by Crippen LogP contribution is -2.18. The second kappa shape index (κ2) is 5.71. The van der Waals surface area contributed by atoms with Crippen molar-refractivity contribution in [3.63, 3.8) is 0 Å². The molecule has 106 valence electrons. The second-order valence-electron chi connectivity index (χ2n) is 6.26. The lowest BCUT2D eigenvalue weighted by atomic mass is 9.82. The Kier molecular flexibility index (Phi) is 4.19. The maximum atomic E-state index is 6.00. The fourth-order valence-corrected chi connectivity index (χ4v) is 2.39. The molecule has 0 aliphatic carbocycles. The van der Waals surface area contributed by atoms with Gasteiger partial charge in [0.05, 0.1) is 5.69 Å². The Labute approximate surface area is 121 Å². The molecule has 20 heavy (non-hydrogen) atoms. The smallest absolute Gasteiger partial charge is 0.0718 e. The van der Waals surface area contributed by atoms with Gasteiger partial charge >= 0.3 is 0 Å². The minimum atomic E-state index is 0.103. The molecule has 0 fully saturated rings. The van der Waals surface area contributed by atoms with E-state index in [1.165, 1.54) is 16.7 Å². The number of rotatable bonds is 3. The zero-order valence-electron chi connectivity index (χ0n) is 12.7. The van der Waals surface area contributed by atoms with Gasteiger partial charge in [0.15, 0.2) is 0 Å². The molecule has 0 saturated carbocycles. The summed E-state index contributed by atoms with van der Waals surface area (Å²) in [6.45, 7) is 9.33. The van der Waals surface area contributed by atoms with Crippen LogP contribution in [0.4, 0.5) is 0 Å². The van der Waals surface area contributed by atoms with E-state index in [-0.39, 0.29) is 11.3 Å². The maximum absolute atomic E-state index is 6.00. The lowest BCUT2D eigenvalue weighted by Gasteiger charge is -2.23. The summed E-state index contributed by atoms with van der Waals surface area (Å²) in [4.78, 5) is 0. The summed E-state index contributed by atoms with van der Waals surface area (Å²) in [6.07, 6.45) is 1.69. The largest absolute Gasteiger partial charge is 0.329 e. The maximum Gasteiger partial charge on any atom is 0.0718 e. The minimum Gasteiger partial charge on any atom is -0.329 e. The molecule has 1 aromatic heterocycles. The van der Waals surface area contributed by atoms with Crippen molar-refractivity contribution >= 4 is 0 Å². The molecule has 0 spiro atoms. The van der Waals surface area contributed by atoms with Crippen LogP contribution in [0.1, 0.15) is 49.1 Å². The van der Waals surface area contributed by atoms with Crippen molar-refractivity contribution in [2.24, 2.45) is 5.73 Å². The van der Waals surface area contributed by atoms with E-state index in [4.69, 9.17) is 5.73 Å². The Balaban J connectivity index is 2.50. The van der Waals surface area contributed by atoms with Crippen molar-refractivity contribution in [2.75, 3.05) is 6.54 Å². The quantitative estimate of drug-likeness (QED) is 0.931. The average molecular weight is 269 g/mol. The van der Waals surface area contributed by atoms with Crippen LogP contribution < -0.4 is 5.73 Å². The third kappa shape index (κ3) is 3.05. The summed E-state index contributed by atoms with van der Waals surface area (Å²) in [6, 6.07) is 10.5. The van der Waals surface area contributed by atoms with Gasteiger partial charge in [-0.25, -0.2) is 0 Å². The highest BCUT2D eigenvalue weighted by molar-refractivity contribution is 5.40. The highest BCUT2D eigenvalue weighted by Crippen LogP contribution is 2.30. The van der Waals surface area contributed by atoms with Gasteiger partial charge in [0.25, 0.3) is 0 Å². The van der Waals surface area contributed by atoms with Crippen molar-refractivity contribution in [3.05, 3.63) is 58.9 Å². The van der Waals surface area contributed by atoms with Crippen molar-refractivity contribution in [1.82, 2.24) is 10.2 Å². The monoisotopic (exact) mass is 269 g/mol. The molecule has 1 unspecified atom stereocenters.